The van der Waals surface area contributed by atoms with Crippen LogP contribution in [0.1, 0.15) is 10.4 Å². The van der Waals surface area contributed by atoms with E-state index in [1.54, 1.807) is 0 Å². The molecule has 0 saturated carbocycles. The fourth-order valence-corrected chi connectivity index (χ4v) is 1.08. The van der Waals surface area contributed by atoms with Gasteiger partial charge in [-0.2, -0.15) is 0 Å². The van der Waals surface area contributed by atoms with Crippen LogP contribution in [0.15, 0.2) is 24.0 Å². The van der Waals surface area contributed by atoms with E-state index in [9.17, 15) is 22.8 Å². The maximum absolute atomic E-state index is 13.2. The summed E-state index contributed by atoms with van der Waals surface area (Å²) >= 11 is 0. The largest absolute Gasteiger partial charge is 0.502 e. The van der Waals surface area contributed by atoms with Crippen molar-refractivity contribution in [2.75, 3.05) is 7.11 Å². The Bertz CT molecular complexity index is 537. The molecule has 1 N–H and O–H groups in total. The standard InChI is InChI=1S/C11H7F3O4/c1-18-11(17)10(16)4-9(15)5-2-7(13)8(14)3-6(5)12/h2-4,16H,1H3. The van der Waals surface area contributed by atoms with Gasteiger partial charge in [-0.1, -0.05) is 0 Å². The van der Waals surface area contributed by atoms with Gasteiger partial charge in [-0.15, -0.1) is 0 Å². The molecule has 96 valence electrons. The molecule has 0 radical (unpaired) electrons. The highest BCUT2D eigenvalue weighted by Crippen LogP contribution is 2.15. The number of hydrogen-bond acceptors (Lipinski definition) is 4. The predicted octanol–water partition coefficient (Wildman–Crippen LogP) is 1.90. The SMILES string of the molecule is COC(=O)C(O)=CC(=O)c1cc(F)c(F)cc1F. The van der Waals surface area contributed by atoms with Crippen molar-refractivity contribution in [1.29, 1.82) is 0 Å². The zero-order valence-electron chi connectivity index (χ0n) is 9.04. The molecule has 0 aliphatic rings. The number of carbonyl (C=O) groups is 2. The number of benzene rings is 1. The van der Waals surface area contributed by atoms with Crippen molar-refractivity contribution in [2.24, 2.45) is 0 Å². The molecule has 0 saturated heterocycles. The van der Waals surface area contributed by atoms with Gasteiger partial charge in [-0.05, 0) is 6.07 Å². The molecule has 0 amide bonds. The number of esters is 1. The second-order valence-corrected chi connectivity index (χ2v) is 3.13. The monoisotopic (exact) mass is 260 g/mol. The lowest BCUT2D eigenvalue weighted by Gasteiger charge is -2.01. The number of ketones is 1. The fourth-order valence-electron chi connectivity index (χ4n) is 1.08. The summed E-state index contributed by atoms with van der Waals surface area (Å²) in [4.78, 5) is 22.2. The average Bonchev–Trinajstić information content (AvgIpc) is 2.32. The first kappa shape index (κ1) is 13.8. The third kappa shape index (κ3) is 2.88. The maximum atomic E-state index is 13.2. The van der Waals surface area contributed by atoms with Crippen molar-refractivity contribution in [3.63, 3.8) is 0 Å². The summed E-state index contributed by atoms with van der Waals surface area (Å²) in [5.41, 5.74) is -0.815. The van der Waals surface area contributed by atoms with Gasteiger partial charge >= 0.3 is 5.97 Å². The molecular weight excluding hydrogens is 253 g/mol. The van der Waals surface area contributed by atoms with Gasteiger partial charge < -0.3 is 9.84 Å². The van der Waals surface area contributed by atoms with Gasteiger partial charge in [-0.25, -0.2) is 18.0 Å². The Morgan fingerprint density at radius 3 is 2.28 bits per heavy atom. The highest BCUT2D eigenvalue weighted by Gasteiger charge is 2.17. The first-order valence-electron chi connectivity index (χ1n) is 4.54. The molecule has 0 heterocycles. The molecule has 0 spiro atoms. The van der Waals surface area contributed by atoms with Crippen LogP contribution in [-0.4, -0.2) is 24.0 Å². The Morgan fingerprint density at radius 1 is 1.17 bits per heavy atom. The van der Waals surface area contributed by atoms with E-state index < -0.39 is 40.5 Å². The number of hydrogen-bond donors (Lipinski definition) is 1. The van der Waals surface area contributed by atoms with Gasteiger partial charge in [0.1, 0.15) is 5.82 Å². The Morgan fingerprint density at radius 2 is 1.72 bits per heavy atom. The van der Waals surface area contributed by atoms with Crippen molar-refractivity contribution < 1.29 is 32.6 Å². The van der Waals surface area contributed by atoms with E-state index in [2.05, 4.69) is 4.74 Å². The maximum Gasteiger partial charge on any atom is 0.373 e. The molecule has 0 atom stereocenters. The van der Waals surface area contributed by atoms with E-state index in [-0.39, 0.29) is 6.07 Å². The molecule has 0 bridgehead atoms. The third-order valence-corrected chi connectivity index (χ3v) is 1.94. The van der Waals surface area contributed by atoms with E-state index in [0.29, 0.717) is 12.1 Å². The molecule has 4 nitrogen and oxygen atoms in total. The molecule has 0 unspecified atom stereocenters. The van der Waals surface area contributed by atoms with Crippen LogP contribution in [0.25, 0.3) is 0 Å². The Labute approximate surface area is 99.3 Å². The molecule has 0 fully saturated rings. The summed E-state index contributed by atoms with van der Waals surface area (Å²) in [6.45, 7) is 0. The zero-order valence-corrected chi connectivity index (χ0v) is 9.04. The van der Waals surface area contributed by atoms with E-state index in [1.165, 1.54) is 0 Å². The molecule has 0 aliphatic heterocycles. The number of rotatable bonds is 3. The van der Waals surface area contributed by atoms with Crippen LogP contribution in [0.5, 0.6) is 0 Å². The molecule has 1 aromatic carbocycles. The topological polar surface area (TPSA) is 63.6 Å². The summed E-state index contributed by atoms with van der Waals surface area (Å²) in [5.74, 6) is -7.68. The summed E-state index contributed by atoms with van der Waals surface area (Å²) in [6.07, 6.45) is 0.349. The fraction of sp³-hybridized carbons (Fsp3) is 0.0909. The molecule has 7 heteroatoms. The van der Waals surface area contributed by atoms with Crippen LogP contribution in [-0.2, 0) is 9.53 Å². The van der Waals surface area contributed by atoms with E-state index in [1.807, 2.05) is 0 Å². The van der Waals surface area contributed by atoms with Crippen molar-refractivity contribution in [3.05, 3.63) is 47.0 Å². The minimum atomic E-state index is -1.45. The van der Waals surface area contributed by atoms with Crippen molar-refractivity contribution in [3.8, 4) is 0 Å². The van der Waals surface area contributed by atoms with E-state index >= 15 is 0 Å². The van der Waals surface area contributed by atoms with Gasteiger partial charge in [0.15, 0.2) is 17.4 Å². The molecular formula is C11H7F3O4. The first-order valence-corrected chi connectivity index (χ1v) is 4.54. The lowest BCUT2D eigenvalue weighted by Crippen LogP contribution is -2.08. The van der Waals surface area contributed by atoms with Crippen LogP contribution in [0.4, 0.5) is 13.2 Å². The van der Waals surface area contributed by atoms with E-state index in [0.717, 1.165) is 7.11 Å². The highest BCUT2D eigenvalue weighted by molar-refractivity contribution is 6.08. The number of aliphatic hydroxyl groups excluding tert-OH is 1. The molecule has 0 aliphatic carbocycles. The number of aliphatic hydroxyl groups is 1. The van der Waals surface area contributed by atoms with Crippen LogP contribution < -0.4 is 0 Å². The van der Waals surface area contributed by atoms with Crippen molar-refractivity contribution in [2.45, 2.75) is 0 Å². The summed E-state index contributed by atoms with van der Waals surface area (Å²) in [5, 5.41) is 9.04. The molecule has 1 aromatic rings. The summed E-state index contributed by atoms with van der Waals surface area (Å²) < 4.78 is 42.7. The van der Waals surface area contributed by atoms with Gasteiger partial charge in [0.2, 0.25) is 5.76 Å². The van der Waals surface area contributed by atoms with Gasteiger partial charge in [-0.3, -0.25) is 4.79 Å². The molecule has 0 aromatic heterocycles. The lowest BCUT2D eigenvalue weighted by molar-refractivity contribution is -0.139. The normalized spacial score (nSPS) is 11.2. The zero-order chi connectivity index (χ0) is 13.9. The summed E-state index contributed by atoms with van der Waals surface area (Å²) in [7, 11) is 0.953. The quantitative estimate of drug-likeness (QED) is 0.296. The highest BCUT2D eigenvalue weighted by atomic mass is 19.2. The van der Waals surface area contributed by atoms with Crippen molar-refractivity contribution >= 4 is 11.8 Å². The van der Waals surface area contributed by atoms with Crippen LogP contribution in [0, 0.1) is 17.5 Å². The minimum Gasteiger partial charge on any atom is -0.502 e. The second kappa shape index (κ2) is 5.35. The number of halogens is 3. The van der Waals surface area contributed by atoms with Crippen LogP contribution >= 0.6 is 0 Å². The van der Waals surface area contributed by atoms with Crippen LogP contribution in [0.2, 0.25) is 0 Å². The first-order chi connectivity index (χ1) is 8.36. The Kier molecular flexibility index (Phi) is 4.09. The Balaban J connectivity index is 3.13. The van der Waals surface area contributed by atoms with Crippen molar-refractivity contribution in [1.82, 2.24) is 0 Å². The van der Waals surface area contributed by atoms with Gasteiger partial charge in [0.05, 0.1) is 12.7 Å². The number of methoxy groups -OCH3 is 1. The Hall–Kier alpha value is -2.31. The summed E-state index contributed by atoms with van der Waals surface area (Å²) in [6, 6.07) is 0.514. The van der Waals surface area contributed by atoms with Crippen LogP contribution in [0.3, 0.4) is 0 Å². The number of ether oxygens (including phenoxy) is 1. The predicted molar refractivity (Wildman–Crippen MR) is 53.4 cm³/mol. The smallest absolute Gasteiger partial charge is 0.373 e. The third-order valence-electron chi connectivity index (χ3n) is 1.94. The number of carbonyl (C=O) groups excluding carboxylic acids is 2. The van der Waals surface area contributed by atoms with Gasteiger partial charge in [0.25, 0.3) is 0 Å². The lowest BCUT2D eigenvalue weighted by atomic mass is 10.1. The second-order valence-electron chi connectivity index (χ2n) is 3.13. The van der Waals surface area contributed by atoms with Gasteiger partial charge in [0, 0.05) is 12.1 Å². The minimum absolute atomic E-state index is 0.186. The number of allylic oxidation sites excluding steroid dienone is 1. The molecule has 1 rings (SSSR count). The average molecular weight is 260 g/mol. The molecule has 18 heavy (non-hydrogen) atoms. The van der Waals surface area contributed by atoms with E-state index in [4.69, 9.17) is 5.11 Å².